The fraction of sp³-hybridized carbons (Fsp3) is 0.500. The Morgan fingerprint density at radius 2 is 2.10 bits per heavy atom. The highest BCUT2D eigenvalue weighted by Gasteiger charge is 2.21. The molecule has 1 rings (SSSR count). The molecule has 1 atom stereocenters. The van der Waals surface area contributed by atoms with Crippen LogP contribution in [0.4, 0.5) is 5.69 Å². The molecule has 1 unspecified atom stereocenters. The average Bonchev–Trinajstić information content (AvgIpc) is 2.43. The molecule has 0 aliphatic rings. The molecular weight excluding hydrogens is 371 g/mol. The molecule has 0 aliphatic carbocycles. The second-order valence-corrected chi connectivity index (χ2v) is 5.94. The highest BCUT2D eigenvalue weighted by atomic mass is 127. The van der Waals surface area contributed by atoms with Crippen LogP contribution < -0.4 is 0 Å². The van der Waals surface area contributed by atoms with Gasteiger partial charge < -0.3 is 4.90 Å². The third kappa shape index (κ3) is 4.16. The van der Waals surface area contributed by atoms with Gasteiger partial charge in [-0.1, -0.05) is 20.3 Å². The number of benzene rings is 1. The van der Waals surface area contributed by atoms with E-state index >= 15 is 0 Å². The fourth-order valence-electron chi connectivity index (χ4n) is 1.82. The lowest BCUT2D eigenvalue weighted by Gasteiger charge is -2.24. The number of rotatable bonds is 6. The quantitative estimate of drug-likeness (QED) is 0.423. The van der Waals surface area contributed by atoms with Gasteiger partial charge in [-0.3, -0.25) is 14.9 Å². The van der Waals surface area contributed by atoms with Gasteiger partial charge in [0.25, 0.3) is 11.6 Å². The van der Waals surface area contributed by atoms with Crippen molar-refractivity contribution in [3.05, 3.63) is 37.4 Å². The lowest BCUT2D eigenvalue weighted by Crippen LogP contribution is -2.35. The van der Waals surface area contributed by atoms with Crippen molar-refractivity contribution < 1.29 is 9.72 Å². The first-order chi connectivity index (χ1) is 9.40. The maximum absolute atomic E-state index is 12.5. The van der Waals surface area contributed by atoms with Crippen molar-refractivity contribution in [3.8, 4) is 0 Å². The first-order valence-electron chi connectivity index (χ1n) is 6.63. The Balaban J connectivity index is 3.05. The summed E-state index contributed by atoms with van der Waals surface area (Å²) in [7, 11) is 0. The molecule has 1 amide bonds. The van der Waals surface area contributed by atoms with Crippen molar-refractivity contribution in [2.45, 2.75) is 27.2 Å². The van der Waals surface area contributed by atoms with E-state index in [2.05, 4.69) is 13.8 Å². The average molecular weight is 390 g/mol. The minimum atomic E-state index is -0.474. The summed E-state index contributed by atoms with van der Waals surface area (Å²) in [6, 6.07) is 4.40. The summed E-state index contributed by atoms with van der Waals surface area (Å²) >= 11 is 2.04. The molecule has 0 bridgehead atoms. The summed E-state index contributed by atoms with van der Waals surface area (Å²) in [5.74, 6) is 0.274. The lowest BCUT2D eigenvalue weighted by molar-refractivity contribution is -0.384. The molecule has 0 saturated carbocycles. The summed E-state index contributed by atoms with van der Waals surface area (Å²) in [4.78, 5) is 24.6. The van der Waals surface area contributed by atoms with Gasteiger partial charge in [-0.25, -0.2) is 0 Å². The molecule has 0 radical (unpaired) electrons. The SMILES string of the molecule is CCC(C)CN(CC)C(=O)c1cc([N+](=O)[O-])ccc1I. The van der Waals surface area contributed by atoms with Crippen LogP contribution in [-0.2, 0) is 0 Å². The lowest BCUT2D eigenvalue weighted by atomic mass is 10.1. The smallest absolute Gasteiger partial charge is 0.270 e. The van der Waals surface area contributed by atoms with Crippen LogP contribution in [0.25, 0.3) is 0 Å². The highest BCUT2D eigenvalue weighted by molar-refractivity contribution is 14.1. The Labute approximate surface area is 132 Å². The van der Waals surface area contributed by atoms with Crippen LogP contribution in [-0.4, -0.2) is 28.8 Å². The third-order valence-corrected chi connectivity index (χ3v) is 4.23. The standard InChI is InChI=1S/C14H19IN2O3/c1-4-10(3)9-16(5-2)14(18)12-8-11(17(19)20)6-7-13(12)15/h6-8,10H,4-5,9H2,1-3H3. The van der Waals surface area contributed by atoms with Gasteiger partial charge in [-0.05, 0) is 41.5 Å². The molecule has 6 heteroatoms. The number of nitrogens with zero attached hydrogens (tertiary/aromatic N) is 2. The van der Waals surface area contributed by atoms with Gasteiger partial charge >= 0.3 is 0 Å². The van der Waals surface area contributed by atoms with E-state index in [1.54, 1.807) is 11.0 Å². The summed E-state index contributed by atoms with van der Waals surface area (Å²) < 4.78 is 0.737. The van der Waals surface area contributed by atoms with Crippen LogP contribution in [0, 0.1) is 19.6 Å². The minimum absolute atomic E-state index is 0.0478. The van der Waals surface area contributed by atoms with Crippen molar-refractivity contribution in [1.82, 2.24) is 4.90 Å². The molecule has 0 spiro atoms. The number of nitro groups is 1. The molecule has 5 nitrogen and oxygen atoms in total. The Kier molecular flexibility index (Phi) is 6.38. The maximum atomic E-state index is 12.5. The number of amides is 1. The maximum Gasteiger partial charge on any atom is 0.270 e. The van der Waals surface area contributed by atoms with Crippen LogP contribution in [0.3, 0.4) is 0 Å². The second-order valence-electron chi connectivity index (χ2n) is 4.78. The Morgan fingerprint density at radius 1 is 1.45 bits per heavy atom. The molecule has 0 fully saturated rings. The van der Waals surface area contributed by atoms with Gasteiger partial charge in [0, 0.05) is 28.8 Å². The van der Waals surface area contributed by atoms with Crippen LogP contribution in [0.5, 0.6) is 0 Å². The van der Waals surface area contributed by atoms with Crippen LogP contribution in [0.2, 0.25) is 0 Å². The number of non-ortho nitro benzene ring substituents is 1. The van der Waals surface area contributed by atoms with Gasteiger partial charge in [0.1, 0.15) is 0 Å². The molecule has 0 aromatic heterocycles. The number of carbonyl (C=O) groups is 1. The monoisotopic (exact) mass is 390 g/mol. The number of hydrogen-bond acceptors (Lipinski definition) is 3. The van der Waals surface area contributed by atoms with Gasteiger partial charge in [0.05, 0.1) is 10.5 Å². The number of halogens is 1. The molecule has 0 heterocycles. The summed E-state index contributed by atoms with van der Waals surface area (Å²) in [6.07, 6.45) is 0.996. The molecule has 0 N–H and O–H groups in total. The van der Waals surface area contributed by atoms with Crippen molar-refractivity contribution >= 4 is 34.2 Å². The number of carbonyl (C=O) groups excluding carboxylic acids is 1. The first kappa shape index (κ1) is 16.9. The summed E-state index contributed by atoms with van der Waals surface area (Å²) in [5, 5.41) is 10.8. The Morgan fingerprint density at radius 3 is 2.60 bits per heavy atom. The molecule has 1 aromatic carbocycles. The molecule has 20 heavy (non-hydrogen) atoms. The van der Waals surface area contributed by atoms with Crippen molar-refractivity contribution in [2.75, 3.05) is 13.1 Å². The summed E-state index contributed by atoms with van der Waals surface area (Å²) in [6.45, 7) is 7.37. The van der Waals surface area contributed by atoms with E-state index in [0.29, 0.717) is 24.6 Å². The molecule has 110 valence electrons. The predicted molar refractivity (Wildman–Crippen MR) is 86.8 cm³/mol. The van der Waals surface area contributed by atoms with Crippen molar-refractivity contribution in [3.63, 3.8) is 0 Å². The normalized spacial score (nSPS) is 12.0. The zero-order valence-corrected chi connectivity index (χ0v) is 14.1. The number of nitro benzene ring substituents is 1. The summed E-state index contributed by atoms with van der Waals surface area (Å²) in [5.41, 5.74) is 0.360. The van der Waals surface area contributed by atoms with E-state index in [1.165, 1.54) is 12.1 Å². The Hall–Kier alpha value is -1.18. The zero-order chi connectivity index (χ0) is 15.3. The van der Waals surface area contributed by atoms with E-state index in [1.807, 2.05) is 29.5 Å². The van der Waals surface area contributed by atoms with E-state index in [9.17, 15) is 14.9 Å². The van der Waals surface area contributed by atoms with Crippen LogP contribution in [0.1, 0.15) is 37.6 Å². The second kappa shape index (κ2) is 7.56. The molecule has 0 aliphatic heterocycles. The van der Waals surface area contributed by atoms with Crippen LogP contribution >= 0.6 is 22.6 Å². The van der Waals surface area contributed by atoms with Crippen molar-refractivity contribution in [2.24, 2.45) is 5.92 Å². The largest absolute Gasteiger partial charge is 0.339 e. The number of hydrogen-bond donors (Lipinski definition) is 0. The zero-order valence-electron chi connectivity index (χ0n) is 11.9. The van der Waals surface area contributed by atoms with Gasteiger partial charge in [-0.15, -0.1) is 0 Å². The van der Waals surface area contributed by atoms with E-state index in [0.717, 1.165) is 9.99 Å². The van der Waals surface area contributed by atoms with E-state index in [4.69, 9.17) is 0 Å². The Bertz CT molecular complexity index is 505. The fourth-order valence-corrected chi connectivity index (χ4v) is 2.39. The highest BCUT2D eigenvalue weighted by Crippen LogP contribution is 2.21. The van der Waals surface area contributed by atoms with E-state index in [-0.39, 0.29) is 11.6 Å². The molecule has 1 aromatic rings. The van der Waals surface area contributed by atoms with E-state index < -0.39 is 4.92 Å². The van der Waals surface area contributed by atoms with Gasteiger partial charge in [-0.2, -0.15) is 0 Å². The van der Waals surface area contributed by atoms with Gasteiger partial charge in [0.2, 0.25) is 0 Å². The topological polar surface area (TPSA) is 63.5 Å². The molecule has 0 saturated heterocycles. The predicted octanol–water partition coefficient (Wildman–Crippen LogP) is 3.71. The van der Waals surface area contributed by atoms with Crippen LogP contribution in [0.15, 0.2) is 18.2 Å². The minimum Gasteiger partial charge on any atom is -0.339 e. The molecular formula is C14H19IN2O3. The van der Waals surface area contributed by atoms with Crippen molar-refractivity contribution in [1.29, 1.82) is 0 Å². The van der Waals surface area contributed by atoms with Gasteiger partial charge in [0.15, 0.2) is 0 Å². The first-order valence-corrected chi connectivity index (χ1v) is 7.71. The third-order valence-electron chi connectivity index (χ3n) is 3.29.